The number of nitrogens with one attached hydrogen (secondary N) is 1. The molecule has 0 unspecified atom stereocenters. The summed E-state index contributed by atoms with van der Waals surface area (Å²) in [5.41, 5.74) is 1.88. The summed E-state index contributed by atoms with van der Waals surface area (Å²) in [5.74, 6) is -1.12. The van der Waals surface area contributed by atoms with Gasteiger partial charge in [0.1, 0.15) is 11.9 Å². The van der Waals surface area contributed by atoms with E-state index < -0.39 is 11.9 Å². The van der Waals surface area contributed by atoms with Gasteiger partial charge in [0.2, 0.25) is 11.8 Å². The predicted octanol–water partition coefficient (Wildman–Crippen LogP) is 6.37. The maximum Gasteiger partial charge on any atom is 0.243 e. The zero-order valence-electron chi connectivity index (χ0n) is 19.9. The summed E-state index contributed by atoms with van der Waals surface area (Å²) in [5, 5.41) is 3.93. The Morgan fingerprint density at radius 2 is 1.61 bits per heavy atom. The SMILES string of the molecule is O=C(NC1CCCC1)[C@H](Cc1ccccc1)N(Cc1ccc(Cl)cc1)C(=O)Cc1c(F)cccc1Cl. The molecule has 0 heterocycles. The number of halogens is 3. The van der Waals surface area contributed by atoms with Crippen LogP contribution in [-0.4, -0.2) is 28.8 Å². The molecule has 0 radical (unpaired) electrons. The van der Waals surface area contributed by atoms with Crippen molar-refractivity contribution in [2.45, 2.75) is 57.2 Å². The number of amides is 2. The largest absolute Gasteiger partial charge is 0.352 e. The standard InChI is InChI=1S/C29H29Cl2FN2O2/c30-22-15-13-21(14-16-22)19-34(28(35)18-24-25(31)11-6-12-26(24)32)27(17-20-7-2-1-3-8-20)29(36)33-23-9-4-5-10-23/h1-3,6-8,11-16,23,27H,4-5,9-10,17-19H2,(H,33,36)/t27-/m0/s1. The average molecular weight is 527 g/mol. The monoisotopic (exact) mass is 526 g/mol. The maximum absolute atomic E-state index is 14.6. The van der Waals surface area contributed by atoms with Gasteiger partial charge in [0, 0.05) is 34.6 Å². The topological polar surface area (TPSA) is 49.4 Å². The first kappa shape index (κ1) is 26.2. The molecule has 1 aliphatic carbocycles. The molecule has 7 heteroatoms. The van der Waals surface area contributed by atoms with Gasteiger partial charge in [-0.1, -0.05) is 84.6 Å². The second kappa shape index (κ2) is 12.4. The van der Waals surface area contributed by atoms with Crippen LogP contribution in [0.2, 0.25) is 10.0 Å². The van der Waals surface area contributed by atoms with Crippen molar-refractivity contribution in [3.8, 4) is 0 Å². The number of nitrogens with zero attached hydrogens (tertiary/aromatic N) is 1. The van der Waals surface area contributed by atoms with Gasteiger partial charge in [-0.25, -0.2) is 4.39 Å². The molecule has 3 aromatic rings. The van der Waals surface area contributed by atoms with Crippen molar-refractivity contribution < 1.29 is 14.0 Å². The molecule has 1 saturated carbocycles. The first-order chi connectivity index (χ1) is 17.4. The summed E-state index contributed by atoms with van der Waals surface area (Å²) in [6.07, 6.45) is 4.10. The van der Waals surface area contributed by atoms with Gasteiger partial charge in [0.15, 0.2) is 0 Å². The van der Waals surface area contributed by atoms with Crippen LogP contribution >= 0.6 is 23.2 Å². The number of hydrogen-bond donors (Lipinski definition) is 1. The molecule has 1 fully saturated rings. The molecule has 4 rings (SSSR count). The summed E-state index contributed by atoms with van der Waals surface area (Å²) >= 11 is 12.3. The van der Waals surface area contributed by atoms with Crippen LogP contribution < -0.4 is 5.32 Å². The molecule has 188 valence electrons. The van der Waals surface area contributed by atoms with Crippen molar-refractivity contribution in [3.63, 3.8) is 0 Å². The Hall–Kier alpha value is -2.89. The minimum atomic E-state index is -0.776. The normalized spacial score (nSPS) is 14.4. The minimum absolute atomic E-state index is 0.101. The van der Waals surface area contributed by atoms with Crippen molar-refractivity contribution in [2.75, 3.05) is 0 Å². The molecular weight excluding hydrogens is 498 g/mol. The Morgan fingerprint density at radius 1 is 0.917 bits per heavy atom. The van der Waals surface area contributed by atoms with Gasteiger partial charge in [0.25, 0.3) is 0 Å². The summed E-state index contributed by atoms with van der Waals surface area (Å²) in [7, 11) is 0. The van der Waals surface area contributed by atoms with Crippen LogP contribution in [0.25, 0.3) is 0 Å². The Labute approximate surface area is 221 Å². The van der Waals surface area contributed by atoms with E-state index in [1.165, 1.54) is 12.1 Å². The zero-order valence-corrected chi connectivity index (χ0v) is 21.4. The van der Waals surface area contributed by atoms with Crippen molar-refractivity contribution in [1.82, 2.24) is 10.2 Å². The molecule has 0 bridgehead atoms. The second-order valence-corrected chi connectivity index (χ2v) is 10.1. The van der Waals surface area contributed by atoms with E-state index in [9.17, 15) is 14.0 Å². The molecule has 0 spiro atoms. The van der Waals surface area contributed by atoms with Crippen LogP contribution in [0.1, 0.15) is 42.4 Å². The van der Waals surface area contributed by atoms with Gasteiger partial charge in [-0.05, 0) is 48.2 Å². The Kier molecular flexibility index (Phi) is 9.00. The van der Waals surface area contributed by atoms with Gasteiger partial charge < -0.3 is 10.2 Å². The Bertz CT molecular complexity index is 1160. The van der Waals surface area contributed by atoms with E-state index >= 15 is 0 Å². The summed E-state index contributed by atoms with van der Waals surface area (Å²) < 4.78 is 14.6. The molecule has 0 aliphatic heterocycles. The van der Waals surface area contributed by atoms with Crippen molar-refractivity contribution in [3.05, 3.63) is 105 Å². The molecule has 1 aliphatic rings. The molecule has 4 nitrogen and oxygen atoms in total. The lowest BCUT2D eigenvalue weighted by Gasteiger charge is -2.32. The predicted molar refractivity (Wildman–Crippen MR) is 141 cm³/mol. The van der Waals surface area contributed by atoms with Crippen LogP contribution in [0, 0.1) is 5.82 Å². The summed E-state index contributed by atoms with van der Waals surface area (Å²) in [6, 6.07) is 20.4. The third-order valence-corrected chi connectivity index (χ3v) is 7.23. The summed E-state index contributed by atoms with van der Waals surface area (Å²) in [4.78, 5) is 29.0. The van der Waals surface area contributed by atoms with Gasteiger partial charge in [-0.15, -0.1) is 0 Å². The molecule has 0 aromatic heterocycles. The average Bonchev–Trinajstić information content (AvgIpc) is 3.38. The fourth-order valence-corrected chi connectivity index (χ4v) is 5.02. The Morgan fingerprint density at radius 3 is 2.28 bits per heavy atom. The van der Waals surface area contributed by atoms with Crippen LogP contribution in [0.5, 0.6) is 0 Å². The van der Waals surface area contributed by atoms with Crippen molar-refractivity contribution >= 4 is 35.0 Å². The molecule has 1 atom stereocenters. The van der Waals surface area contributed by atoms with E-state index in [1.54, 1.807) is 23.1 Å². The maximum atomic E-state index is 14.6. The minimum Gasteiger partial charge on any atom is -0.352 e. The third kappa shape index (κ3) is 6.86. The third-order valence-electron chi connectivity index (χ3n) is 6.63. The molecule has 0 saturated heterocycles. The highest BCUT2D eigenvalue weighted by Crippen LogP contribution is 2.24. The van der Waals surface area contributed by atoms with E-state index in [1.807, 2.05) is 42.5 Å². The van der Waals surface area contributed by atoms with Gasteiger partial charge in [-0.3, -0.25) is 9.59 Å². The molecule has 1 N–H and O–H groups in total. The zero-order chi connectivity index (χ0) is 25.5. The number of hydrogen-bond acceptors (Lipinski definition) is 2. The highest BCUT2D eigenvalue weighted by atomic mass is 35.5. The van der Waals surface area contributed by atoms with Gasteiger partial charge in [0.05, 0.1) is 6.42 Å². The lowest BCUT2D eigenvalue weighted by atomic mass is 10.0. The van der Waals surface area contributed by atoms with Gasteiger partial charge in [-0.2, -0.15) is 0 Å². The lowest BCUT2D eigenvalue weighted by molar-refractivity contribution is -0.141. The Balaban J connectivity index is 1.68. The lowest BCUT2D eigenvalue weighted by Crippen LogP contribution is -2.52. The molecule has 36 heavy (non-hydrogen) atoms. The van der Waals surface area contributed by atoms with Crippen molar-refractivity contribution in [1.29, 1.82) is 0 Å². The van der Waals surface area contributed by atoms with Gasteiger partial charge >= 0.3 is 0 Å². The second-order valence-electron chi connectivity index (χ2n) is 9.22. The summed E-state index contributed by atoms with van der Waals surface area (Å²) in [6.45, 7) is 0.178. The fourth-order valence-electron chi connectivity index (χ4n) is 4.66. The van der Waals surface area contributed by atoms with E-state index in [4.69, 9.17) is 23.2 Å². The van der Waals surface area contributed by atoms with E-state index in [-0.39, 0.29) is 41.4 Å². The van der Waals surface area contributed by atoms with Crippen LogP contribution in [-0.2, 0) is 29.0 Å². The molecular formula is C29H29Cl2FN2O2. The van der Waals surface area contributed by atoms with E-state index in [0.29, 0.717) is 11.4 Å². The number of benzene rings is 3. The number of rotatable bonds is 9. The van der Waals surface area contributed by atoms with Crippen LogP contribution in [0.4, 0.5) is 4.39 Å². The van der Waals surface area contributed by atoms with Crippen LogP contribution in [0.3, 0.4) is 0 Å². The first-order valence-corrected chi connectivity index (χ1v) is 13.0. The first-order valence-electron chi connectivity index (χ1n) is 12.2. The number of carbonyl (C=O) groups excluding carboxylic acids is 2. The van der Waals surface area contributed by atoms with E-state index in [2.05, 4.69) is 5.32 Å². The van der Waals surface area contributed by atoms with Crippen LogP contribution in [0.15, 0.2) is 72.8 Å². The highest BCUT2D eigenvalue weighted by molar-refractivity contribution is 6.31. The highest BCUT2D eigenvalue weighted by Gasteiger charge is 2.32. The van der Waals surface area contributed by atoms with Crippen molar-refractivity contribution in [2.24, 2.45) is 0 Å². The molecule has 3 aromatic carbocycles. The fraction of sp³-hybridized carbons (Fsp3) is 0.310. The van der Waals surface area contributed by atoms with E-state index in [0.717, 1.165) is 36.8 Å². The quantitative estimate of drug-likeness (QED) is 0.352. The number of carbonyl (C=O) groups is 2. The molecule has 2 amide bonds. The smallest absolute Gasteiger partial charge is 0.243 e.